The average molecular weight is 435 g/mol. The second-order valence-electron chi connectivity index (χ2n) is 7.37. The molecule has 0 saturated carbocycles. The lowest BCUT2D eigenvalue weighted by Gasteiger charge is -2.25. The first-order valence-corrected chi connectivity index (χ1v) is 11.0. The number of hydrogen-bond acceptors (Lipinski definition) is 6. The van der Waals surface area contributed by atoms with Crippen LogP contribution in [-0.4, -0.2) is 34.4 Å². The number of thiazole rings is 1. The Morgan fingerprint density at radius 3 is 2.90 bits per heavy atom. The van der Waals surface area contributed by atoms with Crippen molar-refractivity contribution < 1.29 is 14.3 Å². The zero-order valence-electron chi connectivity index (χ0n) is 17.5. The number of para-hydroxylation sites is 1. The molecular weight excluding hydrogens is 412 g/mol. The molecule has 1 atom stereocenters. The molecule has 4 aromatic rings. The van der Waals surface area contributed by atoms with E-state index in [9.17, 15) is 4.79 Å². The highest BCUT2D eigenvalue weighted by molar-refractivity contribution is 7.20. The number of ether oxygens (including phenoxy) is 2. The van der Waals surface area contributed by atoms with E-state index < -0.39 is 0 Å². The van der Waals surface area contributed by atoms with Gasteiger partial charge in [-0.05, 0) is 38.1 Å². The summed E-state index contributed by atoms with van der Waals surface area (Å²) in [6.07, 6.45) is 0.348. The van der Waals surface area contributed by atoms with Crippen molar-refractivity contribution in [2.24, 2.45) is 0 Å². The number of nitrogens with zero attached hydrogens (tertiary/aromatic N) is 3. The fourth-order valence-electron chi connectivity index (χ4n) is 4.12. The lowest BCUT2D eigenvalue weighted by Crippen LogP contribution is -2.25. The third-order valence-corrected chi connectivity index (χ3v) is 6.46. The molecular formula is C23H22N4O3S. The minimum atomic E-state index is -0.130. The van der Waals surface area contributed by atoms with E-state index in [1.807, 2.05) is 56.3 Å². The van der Waals surface area contributed by atoms with Gasteiger partial charge in [0.25, 0.3) is 0 Å². The molecule has 1 amide bonds. The normalized spacial score (nSPS) is 15.6. The van der Waals surface area contributed by atoms with Gasteiger partial charge in [-0.3, -0.25) is 4.79 Å². The largest absolute Gasteiger partial charge is 0.497 e. The molecule has 0 unspecified atom stereocenters. The Morgan fingerprint density at radius 2 is 2.10 bits per heavy atom. The van der Waals surface area contributed by atoms with Crippen molar-refractivity contribution in [1.29, 1.82) is 0 Å². The first-order chi connectivity index (χ1) is 15.1. The summed E-state index contributed by atoms with van der Waals surface area (Å²) in [4.78, 5) is 17.4. The summed E-state index contributed by atoms with van der Waals surface area (Å²) in [6, 6.07) is 13.7. The molecule has 0 saturated heterocycles. The van der Waals surface area contributed by atoms with Crippen molar-refractivity contribution in [2.45, 2.75) is 26.2 Å². The zero-order valence-corrected chi connectivity index (χ0v) is 18.3. The van der Waals surface area contributed by atoms with Crippen LogP contribution >= 0.6 is 11.3 Å². The van der Waals surface area contributed by atoms with E-state index in [0.717, 1.165) is 38.5 Å². The van der Waals surface area contributed by atoms with Crippen LogP contribution < -0.4 is 14.8 Å². The van der Waals surface area contributed by atoms with Gasteiger partial charge in [-0.25, -0.2) is 4.98 Å². The fourth-order valence-corrected chi connectivity index (χ4v) is 5.07. The van der Waals surface area contributed by atoms with Crippen molar-refractivity contribution >= 4 is 33.3 Å². The third-order valence-electron chi connectivity index (χ3n) is 5.46. The maximum absolute atomic E-state index is 12.7. The van der Waals surface area contributed by atoms with E-state index in [4.69, 9.17) is 19.6 Å². The number of nitrogens with one attached hydrogen (secondary N) is 1. The molecule has 5 rings (SSSR count). The first kappa shape index (κ1) is 19.6. The lowest BCUT2D eigenvalue weighted by molar-refractivity contribution is -0.116. The Kier molecular flexibility index (Phi) is 4.86. The smallest absolute Gasteiger partial charge is 0.226 e. The summed E-state index contributed by atoms with van der Waals surface area (Å²) in [6.45, 7) is 4.50. The molecule has 1 aliphatic heterocycles. The lowest BCUT2D eigenvalue weighted by atomic mass is 9.85. The summed E-state index contributed by atoms with van der Waals surface area (Å²) < 4.78 is 13.9. The summed E-state index contributed by atoms with van der Waals surface area (Å²) >= 11 is 1.51. The first-order valence-electron chi connectivity index (χ1n) is 10.1. The summed E-state index contributed by atoms with van der Waals surface area (Å²) in [5.74, 6) is 2.08. The van der Waals surface area contributed by atoms with Crippen molar-refractivity contribution in [3.8, 4) is 16.6 Å². The van der Waals surface area contributed by atoms with Crippen LogP contribution in [0.25, 0.3) is 15.3 Å². The molecule has 31 heavy (non-hydrogen) atoms. The molecule has 0 bridgehead atoms. The molecule has 158 valence electrons. The molecule has 2 aromatic heterocycles. The Balaban J connectivity index is 1.65. The van der Waals surface area contributed by atoms with Gasteiger partial charge in [-0.15, -0.1) is 0 Å². The van der Waals surface area contributed by atoms with Crippen LogP contribution in [0.2, 0.25) is 0 Å². The van der Waals surface area contributed by atoms with Gasteiger partial charge in [0.15, 0.2) is 0 Å². The molecule has 0 spiro atoms. The van der Waals surface area contributed by atoms with Crippen LogP contribution in [-0.2, 0) is 4.79 Å². The second kappa shape index (κ2) is 7.70. The highest BCUT2D eigenvalue weighted by Crippen LogP contribution is 2.43. The molecule has 7 nitrogen and oxygen atoms in total. The van der Waals surface area contributed by atoms with Crippen molar-refractivity contribution in [2.75, 3.05) is 19.0 Å². The number of anilines is 1. The molecule has 3 heterocycles. The van der Waals surface area contributed by atoms with Crippen LogP contribution in [0.15, 0.2) is 42.5 Å². The fraction of sp³-hybridized carbons (Fsp3) is 0.261. The van der Waals surface area contributed by atoms with Crippen LogP contribution in [0.3, 0.4) is 0 Å². The van der Waals surface area contributed by atoms with E-state index in [1.54, 1.807) is 11.8 Å². The van der Waals surface area contributed by atoms with Gasteiger partial charge >= 0.3 is 0 Å². The maximum atomic E-state index is 12.7. The highest BCUT2D eigenvalue weighted by Gasteiger charge is 2.34. The summed E-state index contributed by atoms with van der Waals surface area (Å²) in [5.41, 5.74) is 3.73. The van der Waals surface area contributed by atoms with E-state index in [2.05, 4.69) is 5.32 Å². The quantitative estimate of drug-likeness (QED) is 0.494. The van der Waals surface area contributed by atoms with Crippen molar-refractivity contribution in [3.63, 3.8) is 0 Å². The third kappa shape index (κ3) is 3.33. The number of benzene rings is 2. The highest BCUT2D eigenvalue weighted by atomic mass is 32.1. The minimum Gasteiger partial charge on any atom is -0.497 e. The SMILES string of the molecule is CCOc1ccccc1[C@@H]1CC(=O)Nc2c1c(C)nn2-c1nc2ccc(OC)cc2s1. The molecule has 8 heteroatoms. The van der Waals surface area contributed by atoms with Gasteiger partial charge < -0.3 is 14.8 Å². The van der Waals surface area contributed by atoms with E-state index in [0.29, 0.717) is 24.0 Å². The van der Waals surface area contributed by atoms with Crippen molar-refractivity contribution in [3.05, 3.63) is 59.3 Å². The monoisotopic (exact) mass is 434 g/mol. The van der Waals surface area contributed by atoms with Crippen molar-refractivity contribution in [1.82, 2.24) is 14.8 Å². The Bertz CT molecular complexity index is 1290. The van der Waals surface area contributed by atoms with Crippen LogP contribution in [0, 0.1) is 6.92 Å². The number of aromatic nitrogens is 3. The van der Waals surface area contributed by atoms with Crippen LogP contribution in [0.5, 0.6) is 11.5 Å². The van der Waals surface area contributed by atoms with E-state index in [1.165, 1.54) is 11.3 Å². The predicted octanol–water partition coefficient (Wildman–Crippen LogP) is 4.67. The number of methoxy groups -OCH3 is 1. The predicted molar refractivity (Wildman–Crippen MR) is 121 cm³/mol. The summed E-state index contributed by atoms with van der Waals surface area (Å²) in [5, 5.41) is 8.49. The molecule has 0 aliphatic carbocycles. The Hall–Kier alpha value is -3.39. The minimum absolute atomic E-state index is 0.0484. The number of fused-ring (bicyclic) bond motifs is 2. The number of rotatable bonds is 5. The number of carbonyl (C=O) groups excluding carboxylic acids is 1. The average Bonchev–Trinajstić information content (AvgIpc) is 3.34. The van der Waals surface area contributed by atoms with Gasteiger partial charge in [-0.2, -0.15) is 9.78 Å². The standard InChI is InChI=1S/C23H22N4O3S/c1-4-30-18-8-6-5-7-15(18)16-12-20(28)25-22-21(16)13(2)26-27(22)23-24-17-10-9-14(29-3)11-19(17)31-23/h5-11,16H,4,12H2,1-3H3,(H,25,28)/t16-/m0/s1. The second-order valence-corrected chi connectivity index (χ2v) is 8.37. The van der Waals surface area contributed by atoms with Gasteiger partial charge in [0.05, 0.1) is 29.6 Å². The van der Waals surface area contributed by atoms with Gasteiger partial charge in [0.2, 0.25) is 11.0 Å². The summed E-state index contributed by atoms with van der Waals surface area (Å²) in [7, 11) is 1.64. The number of hydrogen-bond donors (Lipinski definition) is 1. The van der Waals surface area contributed by atoms with E-state index >= 15 is 0 Å². The molecule has 1 N–H and O–H groups in total. The number of amides is 1. The Morgan fingerprint density at radius 1 is 1.26 bits per heavy atom. The van der Waals surface area contributed by atoms with Crippen LogP contribution in [0.1, 0.15) is 36.1 Å². The van der Waals surface area contributed by atoms with Gasteiger partial charge in [0, 0.05) is 23.5 Å². The Labute approximate surface area is 183 Å². The molecule has 2 aromatic carbocycles. The molecule has 0 fully saturated rings. The number of carbonyl (C=O) groups is 1. The topological polar surface area (TPSA) is 78.3 Å². The van der Waals surface area contributed by atoms with Gasteiger partial charge in [0.1, 0.15) is 17.3 Å². The van der Waals surface area contributed by atoms with E-state index in [-0.39, 0.29) is 11.8 Å². The number of aryl methyl sites for hydroxylation is 1. The van der Waals surface area contributed by atoms with Crippen LogP contribution in [0.4, 0.5) is 5.82 Å². The molecule has 1 aliphatic rings. The zero-order chi connectivity index (χ0) is 21.5. The molecule has 0 radical (unpaired) electrons. The maximum Gasteiger partial charge on any atom is 0.226 e. The van der Waals surface area contributed by atoms with Gasteiger partial charge in [-0.1, -0.05) is 29.5 Å².